The number of nitrogens with one attached hydrogen (secondary N) is 1. The number of rotatable bonds is 5. The van der Waals surface area contributed by atoms with Gasteiger partial charge in [-0.05, 0) is 40.9 Å². The Balaban J connectivity index is 0.000000880. The third-order valence-electron chi connectivity index (χ3n) is 3.90. The number of fused-ring (bicyclic) bond motifs is 1. The summed E-state index contributed by atoms with van der Waals surface area (Å²) in [6.07, 6.45) is 3.09. The third kappa shape index (κ3) is 3.69. The van der Waals surface area contributed by atoms with Gasteiger partial charge in [0.2, 0.25) is 0 Å². The number of halogens is 1. The maximum Gasteiger partial charge on any atom is 0.174 e. The summed E-state index contributed by atoms with van der Waals surface area (Å²) in [4.78, 5) is 0. The number of methoxy groups -OCH3 is 1. The number of hydrogen-bond acceptors (Lipinski definition) is 6. The molecule has 1 fully saturated rings. The number of nitrogens with zero attached hydrogens (tertiary/aromatic N) is 3. The average Bonchev–Trinajstić information content (AvgIpc) is 3.32. The van der Waals surface area contributed by atoms with E-state index in [-0.39, 0.29) is 0 Å². The van der Waals surface area contributed by atoms with Gasteiger partial charge in [0.25, 0.3) is 0 Å². The minimum atomic E-state index is 0.358. The fourth-order valence-electron chi connectivity index (χ4n) is 2.58. The smallest absolute Gasteiger partial charge is 0.174 e. The molecular weight excluding hydrogens is 452 g/mol. The Morgan fingerprint density at radius 2 is 2.12 bits per heavy atom. The molecule has 9 heteroatoms. The SMILES string of the molecule is CC.COc1cc2c(N)noc2cc1Nc1cc(C2CC2)n(PI)n1. The molecule has 2 aromatic heterocycles. The van der Waals surface area contributed by atoms with Gasteiger partial charge in [0.05, 0.1) is 24.6 Å². The molecule has 0 saturated heterocycles. The molecule has 1 unspecified atom stereocenters. The highest BCUT2D eigenvalue weighted by molar-refractivity contribution is 14.2. The molecule has 4 rings (SSSR count). The van der Waals surface area contributed by atoms with E-state index in [2.05, 4.69) is 48.1 Å². The van der Waals surface area contributed by atoms with Gasteiger partial charge in [-0.25, -0.2) is 4.45 Å². The van der Waals surface area contributed by atoms with Crippen molar-refractivity contribution in [3.05, 3.63) is 23.9 Å². The molecule has 0 amide bonds. The first-order valence-corrected chi connectivity index (χ1v) is 12.2. The zero-order chi connectivity index (χ0) is 18.0. The molecule has 0 spiro atoms. The normalized spacial score (nSPS) is 13.9. The number of nitrogens with two attached hydrogens (primary N) is 1. The van der Waals surface area contributed by atoms with Gasteiger partial charge in [-0.3, -0.25) is 0 Å². The van der Waals surface area contributed by atoms with Gasteiger partial charge in [0.15, 0.2) is 17.2 Å². The van der Waals surface area contributed by atoms with Gasteiger partial charge in [-0.2, -0.15) is 5.10 Å². The lowest BCUT2D eigenvalue weighted by Crippen LogP contribution is -1.96. The van der Waals surface area contributed by atoms with E-state index < -0.39 is 0 Å². The molecule has 3 N–H and O–H groups in total. The number of ether oxygens (including phenoxy) is 1. The van der Waals surface area contributed by atoms with Crippen LogP contribution in [0.2, 0.25) is 0 Å². The van der Waals surface area contributed by atoms with E-state index in [1.807, 2.05) is 26.0 Å². The third-order valence-corrected chi connectivity index (χ3v) is 5.78. The topological polar surface area (TPSA) is 91.1 Å². The van der Waals surface area contributed by atoms with E-state index in [1.54, 1.807) is 7.11 Å². The Labute approximate surface area is 161 Å². The maximum absolute atomic E-state index is 5.79. The average molecular weight is 473 g/mol. The number of aromatic nitrogens is 3. The number of anilines is 3. The Morgan fingerprint density at radius 1 is 1.36 bits per heavy atom. The van der Waals surface area contributed by atoms with Crippen LogP contribution in [-0.2, 0) is 0 Å². The van der Waals surface area contributed by atoms with Crippen LogP contribution in [0.5, 0.6) is 5.75 Å². The van der Waals surface area contributed by atoms with Gasteiger partial charge in [0, 0.05) is 23.7 Å². The summed E-state index contributed by atoms with van der Waals surface area (Å²) in [7, 11) is 1.62. The molecule has 0 bridgehead atoms. The number of nitrogen functional groups attached to an aromatic ring is 1. The minimum Gasteiger partial charge on any atom is -0.495 e. The van der Waals surface area contributed by atoms with Crippen LogP contribution >= 0.6 is 28.4 Å². The van der Waals surface area contributed by atoms with E-state index in [0.29, 0.717) is 29.4 Å². The molecule has 1 atom stereocenters. The predicted molar refractivity (Wildman–Crippen MR) is 112 cm³/mol. The summed E-state index contributed by atoms with van der Waals surface area (Å²) in [6.45, 7) is 4.00. The molecular formula is C16H21IN5O2P. The second kappa shape index (κ2) is 7.78. The molecule has 0 aliphatic heterocycles. The number of benzene rings is 1. The molecule has 25 heavy (non-hydrogen) atoms. The van der Waals surface area contributed by atoms with Crippen LogP contribution in [-0.4, -0.2) is 21.8 Å². The molecule has 1 aliphatic rings. The predicted octanol–water partition coefficient (Wildman–Crippen LogP) is 5.05. The van der Waals surface area contributed by atoms with Crippen molar-refractivity contribution < 1.29 is 9.26 Å². The Morgan fingerprint density at radius 3 is 2.76 bits per heavy atom. The minimum absolute atomic E-state index is 0.358. The summed E-state index contributed by atoms with van der Waals surface area (Å²) in [5.74, 6) is 2.49. The van der Waals surface area contributed by atoms with Gasteiger partial charge < -0.3 is 20.3 Å². The zero-order valence-electron chi connectivity index (χ0n) is 14.3. The van der Waals surface area contributed by atoms with Crippen molar-refractivity contribution in [3.8, 4) is 5.75 Å². The Bertz CT molecular complexity index is 875. The molecule has 134 valence electrons. The second-order valence-corrected chi connectivity index (χ2v) is 7.51. The second-order valence-electron chi connectivity index (χ2n) is 5.47. The van der Waals surface area contributed by atoms with Crippen LogP contribution in [0.15, 0.2) is 22.7 Å². The van der Waals surface area contributed by atoms with Crippen molar-refractivity contribution in [1.29, 1.82) is 0 Å². The van der Waals surface area contributed by atoms with Crippen LogP contribution in [0.4, 0.5) is 17.3 Å². The largest absolute Gasteiger partial charge is 0.495 e. The van der Waals surface area contributed by atoms with Crippen molar-refractivity contribution in [2.75, 3.05) is 18.2 Å². The summed E-state index contributed by atoms with van der Waals surface area (Å²) < 4.78 is 12.7. The van der Waals surface area contributed by atoms with Crippen LogP contribution in [0.1, 0.15) is 38.3 Å². The lowest BCUT2D eigenvalue weighted by Gasteiger charge is -2.09. The quantitative estimate of drug-likeness (QED) is 0.398. The molecule has 1 aliphatic carbocycles. The maximum atomic E-state index is 5.79. The summed E-state index contributed by atoms with van der Waals surface area (Å²) in [5, 5.41) is 12.5. The van der Waals surface area contributed by atoms with Gasteiger partial charge >= 0.3 is 0 Å². The van der Waals surface area contributed by atoms with Crippen LogP contribution in [0.3, 0.4) is 0 Å². The van der Waals surface area contributed by atoms with Crippen molar-refractivity contribution in [2.24, 2.45) is 0 Å². The van der Waals surface area contributed by atoms with Crippen molar-refractivity contribution in [2.45, 2.75) is 32.6 Å². The monoisotopic (exact) mass is 473 g/mol. The van der Waals surface area contributed by atoms with Crippen molar-refractivity contribution >= 4 is 56.7 Å². The van der Waals surface area contributed by atoms with E-state index >= 15 is 0 Å². The van der Waals surface area contributed by atoms with Gasteiger partial charge in [-0.1, -0.05) is 19.0 Å². The highest BCUT2D eigenvalue weighted by Crippen LogP contribution is 2.44. The first-order chi connectivity index (χ1) is 12.2. The van der Waals surface area contributed by atoms with Gasteiger partial charge in [-0.15, -0.1) is 0 Å². The lowest BCUT2D eigenvalue weighted by molar-refractivity contribution is 0.417. The van der Waals surface area contributed by atoms with Crippen LogP contribution < -0.4 is 15.8 Å². The molecule has 2 heterocycles. The first kappa shape index (κ1) is 18.3. The summed E-state index contributed by atoms with van der Waals surface area (Å²) in [5.41, 5.74) is 8.48. The molecule has 1 saturated carbocycles. The lowest BCUT2D eigenvalue weighted by atomic mass is 10.2. The summed E-state index contributed by atoms with van der Waals surface area (Å²) in [6, 6.07) is 5.77. The summed E-state index contributed by atoms with van der Waals surface area (Å²) >= 11 is 2.35. The van der Waals surface area contributed by atoms with Crippen molar-refractivity contribution in [3.63, 3.8) is 0 Å². The molecule has 3 aromatic rings. The molecule has 7 nitrogen and oxygen atoms in total. The van der Waals surface area contributed by atoms with Crippen molar-refractivity contribution in [1.82, 2.24) is 14.7 Å². The molecule has 0 radical (unpaired) electrons. The highest BCUT2D eigenvalue weighted by Gasteiger charge is 2.28. The fraction of sp³-hybridized carbons (Fsp3) is 0.375. The first-order valence-electron chi connectivity index (χ1n) is 8.16. The zero-order valence-corrected chi connectivity index (χ0v) is 17.5. The van der Waals surface area contributed by atoms with Gasteiger partial charge in [0.1, 0.15) is 5.75 Å². The Kier molecular flexibility index (Phi) is 5.68. The highest BCUT2D eigenvalue weighted by atomic mass is 127. The van der Waals surface area contributed by atoms with E-state index in [1.165, 1.54) is 18.5 Å². The standard InChI is InChI=1S/C14H15IN5O2P.C2H6/c1-21-12-4-8-11(22-19-14(8)16)5-9(12)17-13-6-10(7-2-3-7)20(18-13)23-15;1-2/h4-7,23H,2-3H2,1H3,(H2,16,19)(H,17,18);1-2H3. The fourth-order valence-corrected chi connectivity index (χ4v) is 4.23. The van der Waals surface area contributed by atoms with Crippen LogP contribution in [0.25, 0.3) is 11.0 Å². The molecule has 1 aromatic carbocycles. The number of hydrogen-bond donors (Lipinski definition) is 2. The van der Waals surface area contributed by atoms with E-state index in [9.17, 15) is 0 Å². The van der Waals surface area contributed by atoms with Crippen LogP contribution in [0, 0.1) is 0 Å². The van der Waals surface area contributed by atoms with E-state index in [4.69, 9.17) is 15.0 Å². The van der Waals surface area contributed by atoms with E-state index in [0.717, 1.165) is 16.9 Å². The Hall–Kier alpha value is -1.54.